The quantitative estimate of drug-likeness (QED) is 0.802. The number of likely N-dealkylation sites (N-methyl/N-ethyl adjacent to an activating group) is 1. The first-order valence-corrected chi connectivity index (χ1v) is 7.62. The number of aliphatic carboxylic acids is 1. The van der Waals surface area contributed by atoms with Gasteiger partial charge in [-0.15, -0.1) is 0 Å². The molecule has 2 rings (SSSR count). The molecule has 1 heterocycles. The number of nitrogens with one attached hydrogen (secondary N) is 1. The van der Waals surface area contributed by atoms with Gasteiger partial charge >= 0.3 is 5.97 Å². The molecule has 112 valence electrons. The number of hydrogen-bond donors (Lipinski definition) is 2. The zero-order chi connectivity index (χ0) is 14.6. The highest BCUT2D eigenvalue weighted by molar-refractivity contribution is 5.79. The molecule has 1 aromatic heterocycles. The van der Waals surface area contributed by atoms with Crippen LogP contribution in [0.4, 0.5) is 0 Å². The fourth-order valence-electron chi connectivity index (χ4n) is 3.53. The van der Waals surface area contributed by atoms with Crippen molar-refractivity contribution in [2.45, 2.75) is 58.0 Å². The molecule has 0 spiro atoms. The van der Waals surface area contributed by atoms with E-state index in [0.29, 0.717) is 6.54 Å². The lowest BCUT2D eigenvalue weighted by atomic mass is 9.84. The first kappa shape index (κ1) is 15.0. The van der Waals surface area contributed by atoms with Crippen LogP contribution in [0.3, 0.4) is 0 Å². The number of aromatic nitrogens is 2. The van der Waals surface area contributed by atoms with Gasteiger partial charge in [0.2, 0.25) is 0 Å². The van der Waals surface area contributed by atoms with Crippen LogP contribution < -0.4 is 5.32 Å². The summed E-state index contributed by atoms with van der Waals surface area (Å²) in [4.78, 5) is 16.0. The van der Waals surface area contributed by atoms with Crippen molar-refractivity contribution in [2.75, 3.05) is 6.54 Å². The van der Waals surface area contributed by atoms with Crippen molar-refractivity contribution in [1.82, 2.24) is 14.9 Å². The molecule has 2 atom stereocenters. The average Bonchev–Trinajstić information content (AvgIpc) is 3.03. The van der Waals surface area contributed by atoms with E-state index in [-0.39, 0.29) is 5.92 Å². The molecule has 20 heavy (non-hydrogen) atoms. The number of rotatable bonds is 7. The maximum atomic E-state index is 11.7. The Bertz CT molecular complexity index is 458. The summed E-state index contributed by atoms with van der Waals surface area (Å²) in [5.41, 5.74) is -0.721. The highest BCUT2D eigenvalue weighted by Gasteiger charge is 2.48. The first-order chi connectivity index (χ1) is 9.64. The fraction of sp³-hybridized carbons (Fsp3) is 0.733. The van der Waals surface area contributed by atoms with E-state index in [2.05, 4.69) is 21.8 Å². The lowest BCUT2D eigenvalue weighted by Crippen LogP contribution is -2.54. The smallest absolute Gasteiger partial charge is 0.324 e. The molecule has 2 unspecified atom stereocenters. The summed E-state index contributed by atoms with van der Waals surface area (Å²) >= 11 is 0. The zero-order valence-corrected chi connectivity index (χ0v) is 12.4. The molecule has 5 heteroatoms. The van der Waals surface area contributed by atoms with Crippen LogP contribution in [0, 0.1) is 5.92 Å². The Morgan fingerprint density at radius 2 is 2.40 bits per heavy atom. The molecule has 0 bridgehead atoms. The summed E-state index contributed by atoms with van der Waals surface area (Å²) in [5.74, 6) is 0.586. The van der Waals surface area contributed by atoms with Gasteiger partial charge in [0.05, 0.1) is 0 Å². The Hall–Kier alpha value is -1.36. The summed E-state index contributed by atoms with van der Waals surface area (Å²) in [6, 6.07) is 0. The maximum Gasteiger partial charge on any atom is 0.324 e. The van der Waals surface area contributed by atoms with E-state index in [9.17, 15) is 9.90 Å². The second-order valence-corrected chi connectivity index (χ2v) is 5.58. The second-order valence-electron chi connectivity index (χ2n) is 5.58. The van der Waals surface area contributed by atoms with Gasteiger partial charge in [-0.3, -0.25) is 4.79 Å². The molecule has 1 saturated carbocycles. The minimum absolute atomic E-state index is 0.201. The molecule has 0 aromatic carbocycles. The Morgan fingerprint density at radius 1 is 1.60 bits per heavy atom. The Kier molecular flexibility index (Phi) is 4.81. The van der Waals surface area contributed by atoms with E-state index in [1.54, 1.807) is 0 Å². The molecule has 2 N–H and O–H groups in total. The minimum atomic E-state index is -0.721. The molecular formula is C15H25N3O2. The van der Waals surface area contributed by atoms with Crippen molar-refractivity contribution in [3.63, 3.8) is 0 Å². The molecule has 0 aliphatic heterocycles. The molecule has 0 amide bonds. The standard InChI is InChI=1S/C15H25N3O2/c1-3-13-16-9-11-18(13)10-7-12-6-5-8-15(12,14(19)20)17-4-2/h9,11-12,17H,3-8,10H2,1-2H3,(H,19,20). The molecule has 1 aliphatic carbocycles. The number of aryl methyl sites for hydroxylation is 2. The van der Waals surface area contributed by atoms with Gasteiger partial charge in [0.15, 0.2) is 0 Å². The summed E-state index contributed by atoms with van der Waals surface area (Å²) in [6.45, 7) is 5.63. The van der Waals surface area contributed by atoms with Crippen molar-refractivity contribution < 1.29 is 9.90 Å². The topological polar surface area (TPSA) is 67.2 Å². The summed E-state index contributed by atoms with van der Waals surface area (Å²) < 4.78 is 2.15. The van der Waals surface area contributed by atoms with Gasteiger partial charge in [-0.2, -0.15) is 0 Å². The number of carboxylic acid groups (broad SMARTS) is 1. The highest BCUT2D eigenvalue weighted by Crippen LogP contribution is 2.38. The van der Waals surface area contributed by atoms with Crippen molar-refractivity contribution in [3.05, 3.63) is 18.2 Å². The monoisotopic (exact) mass is 279 g/mol. The van der Waals surface area contributed by atoms with Crippen molar-refractivity contribution >= 4 is 5.97 Å². The number of carboxylic acids is 1. The van der Waals surface area contributed by atoms with Crippen molar-refractivity contribution in [3.8, 4) is 0 Å². The van der Waals surface area contributed by atoms with E-state index >= 15 is 0 Å². The number of hydrogen-bond acceptors (Lipinski definition) is 3. The van der Waals surface area contributed by atoms with Gasteiger partial charge in [0, 0.05) is 25.4 Å². The van der Waals surface area contributed by atoms with E-state index in [1.165, 1.54) is 0 Å². The van der Waals surface area contributed by atoms with Gasteiger partial charge in [-0.1, -0.05) is 20.3 Å². The van der Waals surface area contributed by atoms with Crippen LogP contribution in [-0.2, 0) is 17.8 Å². The van der Waals surface area contributed by atoms with Gasteiger partial charge in [0.25, 0.3) is 0 Å². The van der Waals surface area contributed by atoms with Gasteiger partial charge in [-0.25, -0.2) is 4.98 Å². The van der Waals surface area contributed by atoms with E-state index in [0.717, 1.165) is 44.5 Å². The van der Waals surface area contributed by atoms with Crippen LogP contribution in [0.1, 0.15) is 45.4 Å². The molecular weight excluding hydrogens is 254 g/mol. The fourth-order valence-corrected chi connectivity index (χ4v) is 3.53. The van der Waals surface area contributed by atoms with Crippen LogP contribution >= 0.6 is 0 Å². The summed E-state index contributed by atoms with van der Waals surface area (Å²) in [7, 11) is 0. The largest absolute Gasteiger partial charge is 0.480 e. The first-order valence-electron chi connectivity index (χ1n) is 7.62. The van der Waals surface area contributed by atoms with Gasteiger partial charge in [-0.05, 0) is 31.7 Å². The average molecular weight is 279 g/mol. The third-order valence-electron chi connectivity index (χ3n) is 4.53. The van der Waals surface area contributed by atoms with E-state index in [4.69, 9.17) is 0 Å². The number of imidazole rings is 1. The molecule has 1 aromatic rings. The Labute approximate surface area is 120 Å². The van der Waals surface area contributed by atoms with Gasteiger partial charge < -0.3 is 15.0 Å². The predicted octanol–water partition coefficient (Wildman–Crippen LogP) is 2.07. The second kappa shape index (κ2) is 6.39. The van der Waals surface area contributed by atoms with Crippen LogP contribution in [-0.4, -0.2) is 32.7 Å². The third kappa shape index (κ3) is 2.73. The lowest BCUT2D eigenvalue weighted by Gasteiger charge is -2.32. The third-order valence-corrected chi connectivity index (χ3v) is 4.53. The Balaban J connectivity index is 2.05. The van der Waals surface area contributed by atoms with Crippen LogP contribution in [0.25, 0.3) is 0 Å². The molecule has 0 saturated heterocycles. The highest BCUT2D eigenvalue weighted by atomic mass is 16.4. The SMILES string of the molecule is CCNC1(C(=O)O)CCCC1CCn1ccnc1CC. The van der Waals surface area contributed by atoms with Crippen molar-refractivity contribution in [2.24, 2.45) is 5.92 Å². The maximum absolute atomic E-state index is 11.7. The van der Waals surface area contributed by atoms with E-state index in [1.807, 2.05) is 19.3 Å². The molecule has 1 fully saturated rings. The Morgan fingerprint density at radius 3 is 3.05 bits per heavy atom. The normalized spacial score (nSPS) is 26.0. The minimum Gasteiger partial charge on any atom is -0.480 e. The predicted molar refractivity (Wildman–Crippen MR) is 77.6 cm³/mol. The summed E-state index contributed by atoms with van der Waals surface area (Å²) in [6.07, 6.45) is 8.35. The van der Waals surface area contributed by atoms with Crippen LogP contribution in [0.5, 0.6) is 0 Å². The molecule has 1 aliphatic rings. The zero-order valence-electron chi connectivity index (χ0n) is 12.4. The number of carbonyl (C=O) groups is 1. The molecule has 5 nitrogen and oxygen atoms in total. The molecule has 0 radical (unpaired) electrons. The van der Waals surface area contributed by atoms with Crippen LogP contribution in [0.2, 0.25) is 0 Å². The summed E-state index contributed by atoms with van der Waals surface area (Å²) in [5, 5.41) is 12.9. The number of nitrogens with zero attached hydrogens (tertiary/aromatic N) is 2. The van der Waals surface area contributed by atoms with Gasteiger partial charge in [0.1, 0.15) is 11.4 Å². The van der Waals surface area contributed by atoms with Crippen molar-refractivity contribution in [1.29, 1.82) is 0 Å². The van der Waals surface area contributed by atoms with Crippen LogP contribution in [0.15, 0.2) is 12.4 Å². The van der Waals surface area contributed by atoms with E-state index < -0.39 is 11.5 Å². The lowest BCUT2D eigenvalue weighted by molar-refractivity contribution is -0.146.